The van der Waals surface area contributed by atoms with E-state index in [0.29, 0.717) is 30.0 Å². The molecule has 1 unspecified atom stereocenters. The summed E-state index contributed by atoms with van der Waals surface area (Å²) in [6.07, 6.45) is 9.89. The normalized spacial score (nSPS) is 33.8. The molecule has 3 aliphatic rings. The number of carbonyl (C=O) groups excluding carboxylic acids is 1. The summed E-state index contributed by atoms with van der Waals surface area (Å²) in [5, 5.41) is 6.14. The zero-order valence-corrected chi connectivity index (χ0v) is 15.7. The Kier molecular flexibility index (Phi) is 5.42. The highest BCUT2D eigenvalue weighted by molar-refractivity contribution is 7.91. The van der Waals surface area contributed by atoms with E-state index in [2.05, 4.69) is 17.6 Å². The molecular formula is C18H32N2O3S. The van der Waals surface area contributed by atoms with Crippen LogP contribution in [0, 0.1) is 17.3 Å². The molecule has 1 aliphatic heterocycles. The van der Waals surface area contributed by atoms with E-state index in [1.54, 1.807) is 0 Å². The summed E-state index contributed by atoms with van der Waals surface area (Å²) in [6, 6.07) is 0.283. The summed E-state index contributed by atoms with van der Waals surface area (Å²) in [7, 11) is -2.80. The first-order valence-electron chi connectivity index (χ1n) is 9.67. The van der Waals surface area contributed by atoms with Crippen LogP contribution in [0.3, 0.4) is 0 Å². The Bertz CT molecular complexity index is 539. The largest absolute Gasteiger partial charge is 0.338 e. The first-order chi connectivity index (χ1) is 11.4. The number of sulfone groups is 1. The average Bonchev–Trinajstić information content (AvgIpc) is 3.24. The summed E-state index contributed by atoms with van der Waals surface area (Å²) in [5.41, 5.74) is 0.205. The predicted octanol–water partition coefficient (Wildman–Crippen LogP) is 2.86. The summed E-state index contributed by atoms with van der Waals surface area (Å²) in [6.45, 7) is 2.93. The van der Waals surface area contributed by atoms with E-state index >= 15 is 0 Å². The highest BCUT2D eigenvalue weighted by Gasteiger charge is 2.55. The van der Waals surface area contributed by atoms with E-state index in [0.717, 1.165) is 38.0 Å². The van der Waals surface area contributed by atoms with Gasteiger partial charge in [0, 0.05) is 12.6 Å². The van der Waals surface area contributed by atoms with Crippen molar-refractivity contribution in [1.82, 2.24) is 10.6 Å². The van der Waals surface area contributed by atoms with Gasteiger partial charge in [0.15, 0.2) is 0 Å². The molecule has 1 saturated heterocycles. The van der Waals surface area contributed by atoms with Crippen LogP contribution in [0.25, 0.3) is 0 Å². The Morgan fingerprint density at radius 3 is 2.42 bits per heavy atom. The molecule has 3 fully saturated rings. The quantitative estimate of drug-likeness (QED) is 0.795. The summed E-state index contributed by atoms with van der Waals surface area (Å²) >= 11 is 0. The van der Waals surface area contributed by atoms with Crippen molar-refractivity contribution in [1.29, 1.82) is 0 Å². The number of hydrogen-bond donors (Lipinski definition) is 2. The average molecular weight is 357 g/mol. The molecule has 0 aromatic carbocycles. The minimum Gasteiger partial charge on any atom is -0.338 e. The number of hydrogen-bond acceptors (Lipinski definition) is 3. The highest BCUT2D eigenvalue weighted by Crippen LogP contribution is 2.59. The fraction of sp³-hybridized carbons (Fsp3) is 0.944. The molecule has 6 heteroatoms. The lowest BCUT2D eigenvalue weighted by Crippen LogP contribution is -2.44. The van der Waals surface area contributed by atoms with E-state index in [1.165, 1.54) is 25.7 Å². The van der Waals surface area contributed by atoms with Gasteiger partial charge in [-0.3, -0.25) is 0 Å². The van der Waals surface area contributed by atoms with Crippen LogP contribution in [-0.4, -0.2) is 38.5 Å². The minimum absolute atomic E-state index is 0.0422. The predicted molar refractivity (Wildman–Crippen MR) is 95.6 cm³/mol. The lowest BCUT2D eigenvalue weighted by molar-refractivity contribution is 0.224. The Hall–Kier alpha value is -0.780. The Morgan fingerprint density at radius 1 is 1.12 bits per heavy atom. The molecule has 1 heterocycles. The van der Waals surface area contributed by atoms with Crippen LogP contribution in [-0.2, 0) is 9.84 Å². The molecule has 0 bridgehead atoms. The van der Waals surface area contributed by atoms with Crippen molar-refractivity contribution in [2.75, 3.05) is 18.1 Å². The molecule has 2 saturated carbocycles. The Morgan fingerprint density at radius 2 is 1.79 bits per heavy atom. The lowest BCUT2D eigenvalue weighted by atomic mass is 9.83. The van der Waals surface area contributed by atoms with Crippen LogP contribution < -0.4 is 10.6 Å². The number of amides is 2. The standard InChI is InChI=1S/C18H32N2O3S/c1-2-3-14-4-6-16(7-5-14)20-17(21)19-13-15-12-18(15)8-10-24(22,23)11-9-18/h14-16H,2-13H2,1H3,(H2,19,20,21). The molecule has 138 valence electrons. The second-order valence-electron chi connectivity index (χ2n) is 8.28. The monoisotopic (exact) mass is 356 g/mol. The SMILES string of the molecule is CCCC1CCC(NC(=O)NCC2CC23CCS(=O)(=O)CC3)CC1. The van der Waals surface area contributed by atoms with Gasteiger partial charge in [-0.1, -0.05) is 19.8 Å². The number of carbonyl (C=O) groups is 1. The number of nitrogens with one attached hydrogen (secondary N) is 2. The lowest BCUT2D eigenvalue weighted by Gasteiger charge is -2.29. The zero-order chi connectivity index (χ0) is 17.2. The second-order valence-corrected chi connectivity index (χ2v) is 10.6. The fourth-order valence-corrected chi connectivity index (χ4v) is 6.37. The molecule has 3 rings (SSSR count). The molecule has 0 radical (unpaired) electrons. The summed E-state index contributed by atoms with van der Waals surface area (Å²) in [5.74, 6) is 1.98. The smallest absolute Gasteiger partial charge is 0.315 e. The topological polar surface area (TPSA) is 75.3 Å². The summed E-state index contributed by atoms with van der Waals surface area (Å²) < 4.78 is 23.1. The van der Waals surface area contributed by atoms with E-state index in [4.69, 9.17) is 0 Å². The van der Waals surface area contributed by atoms with Crippen LogP contribution >= 0.6 is 0 Å². The van der Waals surface area contributed by atoms with Crippen LogP contribution in [0.1, 0.15) is 64.7 Å². The van der Waals surface area contributed by atoms with E-state index < -0.39 is 9.84 Å². The van der Waals surface area contributed by atoms with Crippen LogP contribution in [0.4, 0.5) is 4.79 Å². The molecule has 24 heavy (non-hydrogen) atoms. The molecule has 2 aliphatic carbocycles. The van der Waals surface area contributed by atoms with Crippen molar-refractivity contribution in [3.05, 3.63) is 0 Å². The Balaban J connectivity index is 1.33. The zero-order valence-electron chi connectivity index (χ0n) is 14.9. The molecule has 2 amide bonds. The molecule has 2 N–H and O–H groups in total. The van der Waals surface area contributed by atoms with Crippen molar-refractivity contribution < 1.29 is 13.2 Å². The first kappa shape index (κ1) is 18.0. The van der Waals surface area contributed by atoms with Gasteiger partial charge in [-0.25, -0.2) is 13.2 Å². The third-order valence-electron chi connectivity index (χ3n) is 6.57. The molecule has 0 aromatic rings. The Labute approximate surface area is 146 Å². The third-order valence-corrected chi connectivity index (χ3v) is 8.22. The van der Waals surface area contributed by atoms with Gasteiger partial charge >= 0.3 is 6.03 Å². The number of urea groups is 1. The van der Waals surface area contributed by atoms with Gasteiger partial charge in [0.1, 0.15) is 9.84 Å². The summed E-state index contributed by atoms with van der Waals surface area (Å²) in [4.78, 5) is 12.1. The van der Waals surface area contributed by atoms with Gasteiger partial charge in [-0.05, 0) is 62.2 Å². The maximum atomic E-state index is 12.1. The van der Waals surface area contributed by atoms with Gasteiger partial charge in [-0.2, -0.15) is 0 Å². The van der Waals surface area contributed by atoms with E-state index in [1.807, 2.05) is 0 Å². The van der Waals surface area contributed by atoms with Crippen molar-refractivity contribution >= 4 is 15.9 Å². The maximum absolute atomic E-state index is 12.1. The molecular weight excluding hydrogens is 324 g/mol. The van der Waals surface area contributed by atoms with Gasteiger partial charge in [0.2, 0.25) is 0 Å². The van der Waals surface area contributed by atoms with Gasteiger partial charge in [-0.15, -0.1) is 0 Å². The van der Waals surface area contributed by atoms with Crippen molar-refractivity contribution in [2.45, 2.75) is 70.8 Å². The maximum Gasteiger partial charge on any atom is 0.315 e. The van der Waals surface area contributed by atoms with Gasteiger partial charge in [0.25, 0.3) is 0 Å². The second kappa shape index (κ2) is 7.22. The van der Waals surface area contributed by atoms with E-state index in [-0.39, 0.29) is 11.4 Å². The van der Waals surface area contributed by atoms with Crippen LogP contribution in [0.5, 0.6) is 0 Å². The molecule has 1 atom stereocenters. The first-order valence-corrected chi connectivity index (χ1v) is 11.5. The van der Waals surface area contributed by atoms with Gasteiger partial charge in [0.05, 0.1) is 11.5 Å². The minimum atomic E-state index is -2.80. The molecule has 0 aromatic heterocycles. The van der Waals surface area contributed by atoms with Crippen molar-refractivity contribution in [3.63, 3.8) is 0 Å². The molecule has 1 spiro atoms. The number of rotatable bonds is 5. The third kappa shape index (κ3) is 4.44. The molecule has 5 nitrogen and oxygen atoms in total. The van der Waals surface area contributed by atoms with Crippen molar-refractivity contribution in [2.24, 2.45) is 17.3 Å². The van der Waals surface area contributed by atoms with Crippen LogP contribution in [0.15, 0.2) is 0 Å². The van der Waals surface area contributed by atoms with Gasteiger partial charge < -0.3 is 10.6 Å². The van der Waals surface area contributed by atoms with Crippen LogP contribution in [0.2, 0.25) is 0 Å². The highest BCUT2D eigenvalue weighted by atomic mass is 32.2. The fourth-order valence-electron chi connectivity index (χ4n) is 4.73. The van der Waals surface area contributed by atoms with E-state index in [9.17, 15) is 13.2 Å². The van der Waals surface area contributed by atoms with Crippen molar-refractivity contribution in [3.8, 4) is 0 Å².